The molecule has 0 N–H and O–H groups in total. The Morgan fingerprint density at radius 1 is 1.47 bits per heavy atom. The predicted molar refractivity (Wildman–Crippen MR) is 72.5 cm³/mol. The molecule has 0 fully saturated rings. The average molecular weight is 280 g/mol. The lowest BCUT2D eigenvalue weighted by Crippen LogP contribution is -2.38. The van der Waals surface area contributed by atoms with Crippen molar-refractivity contribution in [1.82, 2.24) is 0 Å². The van der Waals surface area contributed by atoms with Crippen LogP contribution in [0.15, 0.2) is 24.3 Å². The summed E-state index contributed by atoms with van der Waals surface area (Å²) in [6.07, 6.45) is 0.883. The van der Waals surface area contributed by atoms with Gasteiger partial charge in [-0.25, -0.2) is 8.42 Å². The van der Waals surface area contributed by atoms with Gasteiger partial charge in [0.05, 0.1) is 18.4 Å². The SMILES string of the molecule is CCC(C#N)S(=O)(=O)N1CCCOc2ccccc21. The Bertz CT molecular complexity index is 592. The van der Waals surface area contributed by atoms with E-state index < -0.39 is 15.3 Å². The highest BCUT2D eigenvalue weighted by atomic mass is 32.2. The van der Waals surface area contributed by atoms with Crippen molar-refractivity contribution in [3.63, 3.8) is 0 Å². The molecule has 1 unspecified atom stereocenters. The maximum Gasteiger partial charge on any atom is 0.251 e. The number of hydrogen-bond donors (Lipinski definition) is 0. The second-order valence-electron chi connectivity index (χ2n) is 4.31. The molecule has 1 atom stereocenters. The molecule has 0 radical (unpaired) electrons. The topological polar surface area (TPSA) is 70.4 Å². The van der Waals surface area contributed by atoms with Crippen LogP contribution in [0.1, 0.15) is 19.8 Å². The first-order valence-corrected chi connectivity index (χ1v) is 7.74. The summed E-state index contributed by atoms with van der Waals surface area (Å²) in [6.45, 7) is 2.52. The van der Waals surface area contributed by atoms with Gasteiger partial charge < -0.3 is 4.74 Å². The molecule has 5 nitrogen and oxygen atoms in total. The molecule has 0 saturated carbocycles. The van der Waals surface area contributed by atoms with E-state index in [-0.39, 0.29) is 6.42 Å². The zero-order valence-corrected chi connectivity index (χ0v) is 11.6. The minimum atomic E-state index is -3.67. The molecular weight excluding hydrogens is 264 g/mol. The second-order valence-corrected chi connectivity index (χ2v) is 6.35. The molecule has 1 aliphatic heterocycles. The fourth-order valence-corrected chi connectivity index (χ4v) is 3.75. The van der Waals surface area contributed by atoms with E-state index >= 15 is 0 Å². The highest BCUT2D eigenvalue weighted by Crippen LogP contribution is 2.33. The highest BCUT2D eigenvalue weighted by Gasteiger charge is 2.33. The molecule has 6 heteroatoms. The maximum absolute atomic E-state index is 12.5. The molecule has 0 saturated heterocycles. The third kappa shape index (κ3) is 2.51. The van der Waals surface area contributed by atoms with Crippen molar-refractivity contribution < 1.29 is 13.2 Å². The summed E-state index contributed by atoms with van der Waals surface area (Å²) >= 11 is 0. The third-order valence-electron chi connectivity index (χ3n) is 3.08. The number of benzene rings is 1. The Kier molecular flexibility index (Phi) is 3.96. The van der Waals surface area contributed by atoms with Crippen LogP contribution >= 0.6 is 0 Å². The zero-order chi connectivity index (χ0) is 13.9. The fourth-order valence-electron chi connectivity index (χ4n) is 2.08. The monoisotopic (exact) mass is 280 g/mol. The van der Waals surface area contributed by atoms with Gasteiger partial charge in [-0.2, -0.15) is 5.26 Å². The molecule has 0 spiro atoms. The van der Waals surface area contributed by atoms with Crippen molar-refractivity contribution in [2.45, 2.75) is 25.0 Å². The number of nitriles is 1. The van der Waals surface area contributed by atoms with E-state index in [0.29, 0.717) is 31.0 Å². The first kappa shape index (κ1) is 13.7. The maximum atomic E-state index is 12.5. The zero-order valence-electron chi connectivity index (χ0n) is 10.7. The Morgan fingerprint density at radius 3 is 2.89 bits per heavy atom. The first-order valence-electron chi connectivity index (χ1n) is 6.24. The Balaban J connectivity index is 2.48. The number of ether oxygens (including phenoxy) is 1. The quantitative estimate of drug-likeness (QED) is 0.848. The molecule has 0 amide bonds. The fraction of sp³-hybridized carbons (Fsp3) is 0.462. The largest absolute Gasteiger partial charge is 0.491 e. The van der Waals surface area contributed by atoms with Gasteiger partial charge in [-0.3, -0.25) is 4.31 Å². The Morgan fingerprint density at radius 2 is 2.21 bits per heavy atom. The minimum Gasteiger partial charge on any atom is -0.491 e. The molecule has 1 aromatic carbocycles. The molecule has 19 heavy (non-hydrogen) atoms. The lowest BCUT2D eigenvalue weighted by molar-refractivity contribution is 0.322. The molecule has 0 bridgehead atoms. The summed E-state index contributed by atoms with van der Waals surface area (Å²) in [5.74, 6) is 0.552. The number of anilines is 1. The number of rotatable bonds is 3. The van der Waals surface area contributed by atoms with Crippen molar-refractivity contribution in [2.75, 3.05) is 17.5 Å². The van der Waals surface area contributed by atoms with Crippen LogP contribution in [-0.4, -0.2) is 26.8 Å². The summed E-state index contributed by atoms with van der Waals surface area (Å²) in [4.78, 5) is 0. The van der Waals surface area contributed by atoms with Gasteiger partial charge in [-0.05, 0) is 18.6 Å². The van der Waals surface area contributed by atoms with E-state index in [1.165, 1.54) is 4.31 Å². The Hall–Kier alpha value is -1.74. The van der Waals surface area contributed by atoms with Crippen LogP contribution < -0.4 is 9.04 Å². The summed E-state index contributed by atoms with van der Waals surface area (Å²) < 4.78 is 31.9. The van der Waals surface area contributed by atoms with Gasteiger partial charge in [-0.1, -0.05) is 19.1 Å². The van der Waals surface area contributed by atoms with Crippen LogP contribution in [0.2, 0.25) is 0 Å². The van der Waals surface area contributed by atoms with Crippen LogP contribution in [-0.2, 0) is 10.0 Å². The number of nitrogens with zero attached hydrogens (tertiary/aromatic N) is 2. The van der Waals surface area contributed by atoms with Crippen molar-refractivity contribution >= 4 is 15.7 Å². The van der Waals surface area contributed by atoms with Gasteiger partial charge in [0.1, 0.15) is 5.75 Å². The standard InChI is InChI=1S/C13H16N2O3S/c1-2-11(10-14)19(16,17)15-8-5-9-18-13-7-4-3-6-12(13)15/h3-4,6-7,11H,2,5,8-9H2,1H3. The first-order chi connectivity index (χ1) is 9.11. The van der Waals surface area contributed by atoms with E-state index in [1.54, 1.807) is 31.2 Å². The van der Waals surface area contributed by atoms with Gasteiger partial charge in [0, 0.05) is 13.0 Å². The molecule has 1 heterocycles. The molecule has 0 aliphatic carbocycles. The number of para-hydroxylation sites is 2. The molecule has 102 valence electrons. The van der Waals surface area contributed by atoms with Crippen LogP contribution in [0, 0.1) is 11.3 Å². The van der Waals surface area contributed by atoms with Gasteiger partial charge in [0.2, 0.25) is 0 Å². The minimum absolute atomic E-state index is 0.276. The van der Waals surface area contributed by atoms with Crippen molar-refractivity contribution in [3.05, 3.63) is 24.3 Å². The van der Waals surface area contributed by atoms with E-state index in [2.05, 4.69) is 0 Å². The number of hydrogen-bond acceptors (Lipinski definition) is 4. The summed E-state index contributed by atoms with van der Waals surface area (Å²) in [6, 6.07) is 8.90. The van der Waals surface area contributed by atoms with E-state index in [4.69, 9.17) is 10.00 Å². The van der Waals surface area contributed by atoms with Crippen molar-refractivity contribution in [1.29, 1.82) is 5.26 Å². The molecule has 0 aromatic heterocycles. The van der Waals surface area contributed by atoms with E-state index in [9.17, 15) is 8.42 Å². The van der Waals surface area contributed by atoms with Crippen molar-refractivity contribution in [2.24, 2.45) is 0 Å². The van der Waals surface area contributed by atoms with Gasteiger partial charge in [-0.15, -0.1) is 0 Å². The lowest BCUT2D eigenvalue weighted by atomic mass is 10.3. The average Bonchev–Trinajstić information content (AvgIpc) is 2.62. The molecule has 1 aromatic rings. The lowest BCUT2D eigenvalue weighted by Gasteiger charge is -2.25. The summed E-state index contributed by atoms with van der Waals surface area (Å²) in [5, 5.41) is 8.01. The molecule has 2 rings (SSSR count). The third-order valence-corrected chi connectivity index (χ3v) is 5.23. The smallest absolute Gasteiger partial charge is 0.251 e. The summed E-state index contributed by atoms with van der Waals surface area (Å²) in [7, 11) is -3.67. The highest BCUT2D eigenvalue weighted by molar-refractivity contribution is 7.93. The van der Waals surface area contributed by atoms with Gasteiger partial charge in [0.25, 0.3) is 10.0 Å². The molecule has 1 aliphatic rings. The van der Waals surface area contributed by atoms with Crippen LogP contribution in [0.25, 0.3) is 0 Å². The van der Waals surface area contributed by atoms with E-state index in [0.717, 1.165) is 0 Å². The van der Waals surface area contributed by atoms with Crippen LogP contribution in [0.5, 0.6) is 5.75 Å². The number of fused-ring (bicyclic) bond motifs is 1. The van der Waals surface area contributed by atoms with Gasteiger partial charge in [0.15, 0.2) is 5.25 Å². The number of sulfonamides is 1. The Labute approximate surface area is 113 Å². The van der Waals surface area contributed by atoms with Crippen molar-refractivity contribution in [3.8, 4) is 11.8 Å². The van der Waals surface area contributed by atoms with Crippen LogP contribution in [0.3, 0.4) is 0 Å². The summed E-state index contributed by atoms with van der Waals surface area (Å²) in [5.41, 5.74) is 0.522. The van der Waals surface area contributed by atoms with Gasteiger partial charge >= 0.3 is 0 Å². The second kappa shape index (κ2) is 5.49. The predicted octanol–water partition coefficient (Wildman–Crippen LogP) is 1.91. The normalized spacial score (nSPS) is 16.7. The molecular formula is C13H16N2O3S. The van der Waals surface area contributed by atoms with E-state index in [1.807, 2.05) is 6.07 Å². The van der Waals surface area contributed by atoms with Crippen LogP contribution in [0.4, 0.5) is 5.69 Å².